The molecule has 0 amide bonds. The molecule has 2 nitrogen and oxygen atoms in total. The van der Waals surface area contributed by atoms with E-state index in [0.717, 1.165) is 29.4 Å². The minimum Gasteiger partial charge on any atom is -0.289 e. The normalized spacial score (nSPS) is 23.8. The quantitative estimate of drug-likeness (QED) is 0.674. The molecule has 2 bridgehead atoms. The van der Waals surface area contributed by atoms with Gasteiger partial charge in [-0.15, -0.1) is 0 Å². The Hall–Kier alpha value is -1.52. The number of rotatable bonds is 3. The summed E-state index contributed by atoms with van der Waals surface area (Å²) in [5.41, 5.74) is 3.11. The van der Waals surface area contributed by atoms with E-state index in [0.29, 0.717) is 17.6 Å². The monoisotopic (exact) mass is 386 g/mol. The molecule has 4 heteroatoms. The molecule has 0 saturated carbocycles. The Morgan fingerprint density at radius 2 is 2.04 bits per heavy atom. The maximum Gasteiger partial charge on any atom is 0.220 e. The summed E-state index contributed by atoms with van der Waals surface area (Å²) in [5, 5.41) is 0. The Balaban J connectivity index is 1.63. The van der Waals surface area contributed by atoms with Gasteiger partial charge < -0.3 is 0 Å². The molecule has 3 heterocycles. The summed E-state index contributed by atoms with van der Waals surface area (Å²) in [5.74, 6) is -0.362. The van der Waals surface area contributed by atoms with Gasteiger partial charge in [0.25, 0.3) is 0 Å². The van der Waals surface area contributed by atoms with E-state index in [1.807, 2.05) is 6.07 Å². The molecular formula is C20H20BrFN2. The molecule has 24 heavy (non-hydrogen) atoms. The van der Waals surface area contributed by atoms with Crippen LogP contribution in [0, 0.1) is 5.95 Å². The van der Waals surface area contributed by atoms with Crippen molar-refractivity contribution in [1.29, 1.82) is 0 Å². The Morgan fingerprint density at radius 3 is 2.83 bits per heavy atom. The van der Waals surface area contributed by atoms with Crippen molar-refractivity contribution in [3.8, 4) is 0 Å². The first-order chi connectivity index (χ1) is 11.7. The zero-order chi connectivity index (χ0) is 16.5. The number of hydrogen-bond acceptors (Lipinski definition) is 2. The van der Waals surface area contributed by atoms with Crippen molar-refractivity contribution in [3.05, 3.63) is 70.2 Å². The summed E-state index contributed by atoms with van der Waals surface area (Å²) in [4.78, 5) is 6.46. The number of piperidine rings is 1. The number of nitrogens with zero attached hydrogens (tertiary/aromatic N) is 2. The smallest absolute Gasteiger partial charge is 0.220 e. The number of aromatic nitrogens is 1. The molecule has 4 rings (SSSR count). The van der Waals surface area contributed by atoms with Crippen molar-refractivity contribution in [2.45, 2.75) is 44.3 Å². The topological polar surface area (TPSA) is 16.1 Å². The van der Waals surface area contributed by atoms with Crippen molar-refractivity contribution in [2.24, 2.45) is 0 Å². The third-order valence-electron chi connectivity index (χ3n) is 5.14. The molecule has 1 fully saturated rings. The largest absolute Gasteiger partial charge is 0.289 e. The van der Waals surface area contributed by atoms with Crippen LogP contribution in [0.1, 0.15) is 36.8 Å². The van der Waals surface area contributed by atoms with Crippen LogP contribution in [0.4, 0.5) is 4.39 Å². The molecule has 0 N–H and O–H groups in total. The SMILES string of the molecule is Fc1ncc(Br)cc1C1=CC2CCCC(C1)N2Cc1ccccc1. The molecule has 2 aliphatic heterocycles. The van der Waals surface area contributed by atoms with Crippen LogP contribution in [0.5, 0.6) is 0 Å². The fraction of sp³-hybridized carbons (Fsp3) is 0.350. The minimum absolute atomic E-state index is 0.362. The Bertz CT molecular complexity index is 759. The molecular weight excluding hydrogens is 367 g/mol. The van der Waals surface area contributed by atoms with E-state index in [1.165, 1.54) is 24.6 Å². The van der Waals surface area contributed by atoms with Gasteiger partial charge in [0.2, 0.25) is 5.95 Å². The second kappa shape index (κ2) is 6.77. The number of halogens is 2. The first kappa shape index (κ1) is 16.0. The van der Waals surface area contributed by atoms with E-state index < -0.39 is 0 Å². The predicted octanol–water partition coefficient (Wildman–Crippen LogP) is 5.19. The average molecular weight is 387 g/mol. The Morgan fingerprint density at radius 1 is 1.21 bits per heavy atom. The molecule has 124 valence electrons. The van der Waals surface area contributed by atoms with Crippen LogP contribution < -0.4 is 0 Å². The van der Waals surface area contributed by atoms with Crippen LogP contribution in [0.3, 0.4) is 0 Å². The van der Waals surface area contributed by atoms with Gasteiger partial charge in [-0.1, -0.05) is 42.8 Å². The van der Waals surface area contributed by atoms with E-state index in [2.05, 4.69) is 62.2 Å². The molecule has 0 radical (unpaired) electrons. The third-order valence-corrected chi connectivity index (χ3v) is 5.57. The first-order valence-corrected chi connectivity index (χ1v) is 9.32. The van der Waals surface area contributed by atoms with E-state index in [1.54, 1.807) is 0 Å². The predicted molar refractivity (Wildman–Crippen MR) is 97.9 cm³/mol. The van der Waals surface area contributed by atoms with E-state index in [-0.39, 0.29) is 5.95 Å². The zero-order valence-corrected chi connectivity index (χ0v) is 15.0. The van der Waals surface area contributed by atoms with Crippen LogP contribution in [-0.4, -0.2) is 22.0 Å². The summed E-state index contributed by atoms with van der Waals surface area (Å²) in [6.07, 6.45) is 8.28. The lowest BCUT2D eigenvalue weighted by Crippen LogP contribution is -2.47. The van der Waals surface area contributed by atoms with Crippen molar-refractivity contribution in [2.75, 3.05) is 0 Å². The molecule has 2 atom stereocenters. The van der Waals surface area contributed by atoms with E-state index in [4.69, 9.17) is 0 Å². The fourth-order valence-electron chi connectivity index (χ4n) is 4.01. The highest BCUT2D eigenvalue weighted by Gasteiger charge is 2.34. The van der Waals surface area contributed by atoms with Crippen LogP contribution >= 0.6 is 15.9 Å². The maximum absolute atomic E-state index is 14.2. The molecule has 1 saturated heterocycles. The fourth-order valence-corrected chi connectivity index (χ4v) is 4.34. The molecule has 0 aliphatic carbocycles. The molecule has 0 spiro atoms. The van der Waals surface area contributed by atoms with Gasteiger partial charge in [0.1, 0.15) is 0 Å². The van der Waals surface area contributed by atoms with Gasteiger partial charge in [0.05, 0.1) is 0 Å². The standard InChI is InChI=1S/C20H20BrFN2/c21-16-11-19(20(22)23-12-16)15-9-17-7-4-8-18(10-15)24(17)13-14-5-2-1-3-6-14/h1-3,5-6,9,11-12,17-18H,4,7-8,10,13H2. The number of fused-ring (bicyclic) bond motifs is 2. The van der Waals surface area contributed by atoms with Gasteiger partial charge in [-0.25, -0.2) is 4.98 Å². The molecule has 1 aromatic heterocycles. The van der Waals surface area contributed by atoms with Gasteiger partial charge >= 0.3 is 0 Å². The lowest BCUT2D eigenvalue weighted by molar-refractivity contribution is 0.0950. The lowest BCUT2D eigenvalue weighted by Gasteiger charge is -2.45. The highest BCUT2D eigenvalue weighted by atomic mass is 79.9. The molecule has 1 aromatic carbocycles. The first-order valence-electron chi connectivity index (χ1n) is 8.52. The summed E-state index contributed by atoms with van der Waals surface area (Å²) in [6, 6.07) is 13.4. The van der Waals surface area contributed by atoms with Gasteiger partial charge in [-0.2, -0.15) is 4.39 Å². The van der Waals surface area contributed by atoms with Crippen molar-refractivity contribution in [3.63, 3.8) is 0 Å². The van der Waals surface area contributed by atoms with Crippen molar-refractivity contribution in [1.82, 2.24) is 9.88 Å². The Labute approximate surface area is 150 Å². The van der Waals surface area contributed by atoms with Gasteiger partial charge in [-0.05, 0) is 52.4 Å². The number of pyridine rings is 1. The zero-order valence-electron chi connectivity index (χ0n) is 13.5. The summed E-state index contributed by atoms with van der Waals surface area (Å²) >= 11 is 3.41. The second-order valence-corrected chi connectivity index (χ2v) is 7.61. The summed E-state index contributed by atoms with van der Waals surface area (Å²) in [6.45, 7) is 0.971. The van der Waals surface area contributed by atoms with Crippen LogP contribution in [0.15, 0.2) is 53.1 Å². The van der Waals surface area contributed by atoms with Gasteiger partial charge in [0, 0.05) is 34.9 Å². The molecule has 2 unspecified atom stereocenters. The van der Waals surface area contributed by atoms with Crippen molar-refractivity contribution >= 4 is 21.5 Å². The van der Waals surface area contributed by atoms with E-state index in [9.17, 15) is 4.39 Å². The highest BCUT2D eigenvalue weighted by Crippen LogP contribution is 2.38. The summed E-state index contributed by atoms with van der Waals surface area (Å²) in [7, 11) is 0. The number of benzene rings is 1. The number of hydrogen-bond donors (Lipinski definition) is 0. The molecule has 2 aliphatic rings. The summed E-state index contributed by atoms with van der Waals surface area (Å²) < 4.78 is 15.0. The van der Waals surface area contributed by atoms with Crippen LogP contribution in [0.2, 0.25) is 0 Å². The third kappa shape index (κ3) is 3.17. The Kier molecular flexibility index (Phi) is 4.51. The second-order valence-electron chi connectivity index (χ2n) is 6.70. The van der Waals surface area contributed by atoms with Crippen molar-refractivity contribution < 1.29 is 4.39 Å². The van der Waals surface area contributed by atoms with Gasteiger partial charge in [0.15, 0.2) is 0 Å². The molecule has 2 aromatic rings. The minimum atomic E-state index is -0.362. The van der Waals surface area contributed by atoms with Gasteiger partial charge in [-0.3, -0.25) is 4.90 Å². The van der Waals surface area contributed by atoms with E-state index >= 15 is 0 Å². The van der Waals surface area contributed by atoms with Crippen LogP contribution in [0.25, 0.3) is 5.57 Å². The lowest BCUT2D eigenvalue weighted by atomic mass is 9.82. The average Bonchev–Trinajstić information content (AvgIpc) is 2.58. The van der Waals surface area contributed by atoms with Crippen LogP contribution in [-0.2, 0) is 6.54 Å². The maximum atomic E-state index is 14.2. The highest BCUT2D eigenvalue weighted by molar-refractivity contribution is 9.10.